The molecule has 0 aliphatic rings. The summed E-state index contributed by atoms with van der Waals surface area (Å²) in [5.74, 6) is 0.889. The van der Waals surface area contributed by atoms with Crippen LogP contribution in [0.4, 0.5) is 0 Å². The number of hydrogen-bond acceptors (Lipinski definition) is 2. The van der Waals surface area contributed by atoms with E-state index in [0.29, 0.717) is 0 Å². The third-order valence-corrected chi connectivity index (χ3v) is 2.08. The van der Waals surface area contributed by atoms with Gasteiger partial charge in [0.25, 0.3) is 0 Å². The van der Waals surface area contributed by atoms with Crippen molar-refractivity contribution in [3.05, 3.63) is 34.6 Å². The minimum Gasteiger partial charge on any atom is -0.249 e. The van der Waals surface area contributed by atoms with Crippen molar-refractivity contribution in [1.82, 2.24) is 4.98 Å². The number of aromatic nitrogens is 1. The van der Waals surface area contributed by atoms with Gasteiger partial charge in [-0.15, -0.1) is 0 Å². The molecule has 1 heterocycles. The van der Waals surface area contributed by atoms with Gasteiger partial charge in [0, 0.05) is 6.20 Å². The Morgan fingerprint density at radius 2 is 2.33 bits per heavy atom. The van der Waals surface area contributed by atoms with E-state index in [0.717, 1.165) is 22.3 Å². The van der Waals surface area contributed by atoms with Gasteiger partial charge < -0.3 is 0 Å². The van der Waals surface area contributed by atoms with Crippen LogP contribution in [0, 0.1) is 0 Å². The Labute approximate surface area is 86.4 Å². The predicted molar refractivity (Wildman–Crippen MR) is 59.4 cm³/mol. The summed E-state index contributed by atoms with van der Waals surface area (Å²) < 4.78 is 0.869. The molecule has 64 valence electrons. The molecule has 12 heavy (non-hydrogen) atoms. The monoisotopic (exact) mass is 243 g/mol. The van der Waals surface area contributed by atoms with Crippen LogP contribution in [-0.2, 0) is 0 Å². The van der Waals surface area contributed by atoms with Crippen LogP contribution in [0.5, 0.6) is 0 Å². The Kier molecular flexibility index (Phi) is 4.40. The average Bonchev–Trinajstić information content (AvgIpc) is 2.09. The first-order chi connectivity index (χ1) is 5.83. The lowest BCUT2D eigenvalue weighted by atomic mass is 10.2. The SMILES string of the molecule is SCCC=Cc1ccc(Br)nc1. The molecule has 0 N–H and O–H groups in total. The van der Waals surface area contributed by atoms with Crippen molar-refractivity contribution in [3.8, 4) is 0 Å². The number of pyridine rings is 1. The van der Waals surface area contributed by atoms with Crippen LogP contribution in [0.25, 0.3) is 6.08 Å². The molecular formula is C9H10BrNS. The van der Waals surface area contributed by atoms with Gasteiger partial charge in [-0.05, 0) is 39.7 Å². The summed E-state index contributed by atoms with van der Waals surface area (Å²) in [6, 6.07) is 3.95. The highest BCUT2D eigenvalue weighted by Crippen LogP contribution is 2.07. The first-order valence-electron chi connectivity index (χ1n) is 3.72. The number of hydrogen-bond donors (Lipinski definition) is 1. The predicted octanol–water partition coefficient (Wildman–Crippen LogP) is 3.18. The van der Waals surface area contributed by atoms with E-state index in [4.69, 9.17) is 0 Å². The van der Waals surface area contributed by atoms with Gasteiger partial charge in [0.05, 0.1) is 0 Å². The molecule has 0 saturated heterocycles. The zero-order chi connectivity index (χ0) is 8.81. The molecule has 3 heteroatoms. The van der Waals surface area contributed by atoms with Crippen LogP contribution < -0.4 is 0 Å². The summed E-state index contributed by atoms with van der Waals surface area (Å²) in [7, 11) is 0. The molecule has 0 radical (unpaired) electrons. The maximum Gasteiger partial charge on any atom is 0.106 e. The Balaban J connectivity index is 2.58. The maximum atomic E-state index is 4.11. The molecule has 0 aliphatic carbocycles. The van der Waals surface area contributed by atoms with E-state index < -0.39 is 0 Å². The van der Waals surface area contributed by atoms with Crippen molar-refractivity contribution in [2.45, 2.75) is 6.42 Å². The molecule has 0 bridgehead atoms. The van der Waals surface area contributed by atoms with E-state index in [9.17, 15) is 0 Å². The van der Waals surface area contributed by atoms with Gasteiger partial charge in [0.15, 0.2) is 0 Å². The van der Waals surface area contributed by atoms with Crippen molar-refractivity contribution in [1.29, 1.82) is 0 Å². The normalized spacial score (nSPS) is 10.8. The second kappa shape index (κ2) is 5.38. The largest absolute Gasteiger partial charge is 0.249 e. The Bertz CT molecular complexity index is 256. The third kappa shape index (κ3) is 3.41. The standard InChI is InChI=1S/C9H10BrNS/c10-9-5-4-8(7-11-9)3-1-2-6-12/h1,3-5,7,12H,2,6H2. The van der Waals surface area contributed by atoms with Gasteiger partial charge in [0.1, 0.15) is 4.60 Å². The van der Waals surface area contributed by atoms with E-state index >= 15 is 0 Å². The quantitative estimate of drug-likeness (QED) is 0.636. The molecule has 1 aromatic heterocycles. The second-order valence-electron chi connectivity index (χ2n) is 2.33. The van der Waals surface area contributed by atoms with E-state index in [1.807, 2.05) is 18.3 Å². The number of halogens is 1. The fourth-order valence-corrected chi connectivity index (χ4v) is 1.16. The summed E-state index contributed by atoms with van der Waals surface area (Å²) in [5, 5.41) is 0. The summed E-state index contributed by atoms with van der Waals surface area (Å²) in [6.45, 7) is 0. The number of nitrogens with zero attached hydrogens (tertiary/aromatic N) is 1. The van der Waals surface area contributed by atoms with Crippen molar-refractivity contribution >= 4 is 34.6 Å². The topological polar surface area (TPSA) is 12.9 Å². The van der Waals surface area contributed by atoms with Crippen LogP contribution in [0.2, 0.25) is 0 Å². The third-order valence-electron chi connectivity index (χ3n) is 1.36. The molecule has 0 saturated carbocycles. The van der Waals surface area contributed by atoms with Gasteiger partial charge >= 0.3 is 0 Å². The number of rotatable bonds is 3. The minimum absolute atomic E-state index is 0.869. The fraction of sp³-hybridized carbons (Fsp3) is 0.222. The van der Waals surface area contributed by atoms with E-state index in [1.54, 1.807) is 0 Å². The van der Waals surface area contributed by atoms with Crippen LogP contribution in [0.15, 0.2) is 29.0 Å². The lowest BCUT2D eigenvalue weighted by Crippen LogP contribution is -1.76. The van der Waals surface area contributed by atoms with E-state index in [2.05, 4.69) is 45.7 Å². The lowest BCUT2D eigenvalue weighted by molar-refractivity contribution is 1.25. The van der Waals surface area contributed by atoms with Gasteiger partial charge in [-0.25, -0.2) is 4.98 Å². The molecule has 0 fully saturated rings. The molecule has 0 unspecified atom stereocenters. The molecule has 1 rings (SSSR count). The first-order valence-corrected chi connectivity index (χ1v) is 5.14. The lowest BCUT2D eigenvalue weighted by Gasteiger charge is -1.92. The van der Waals surface area contributed by atoms with E-state index in [-0.39, 0.29) is 0 Å². The molecule has 0 aliphatic heterocycles. The maximum absolute atomic E-state index is 4.11. The number of allylic oxidation sites excluding steroid dienone is 1. The Morgan fingerprint density at radius 1 is 1.50 bits per heavy atom. The van der Waals surface area contributed by atoms with E-state index in [1.165, 1.54) is 0 Å². The molecule has 0 spiro atoms. The Hall–Kier alpha value is -0.280. The molecule has 0 amide bonds. The zero-order valence-corrected chi connectivity index (χ0v) is 9.05. The Morgan fingerprint density at radius 3 is 2.92 bits per heavy atom. The average molecular weight is 244 g/mol. The highest BCUT2D eigenvalue weighted by molar-refractivity contribution is 9.10. The molecule has 0 aromatic carbocycles. The van der Waals surface area contributed by atoms with Crippen molar-refractivity contribution in [2.75, 3.05) is 5.75 Å². The number of thiol groups is 1. The van der Waals surface area contributed by atoms with Crippen molar-refractivity contribution in [3.63, 3.8) is 0 Å². The van der Waals surface area contributed by atoms with Crippen molar-refractivity contribution in [2.24, 2.45) is 0 Å². The zero-order valence-electron chi connectivity index (χ0n) is 6.57. The summed E-state index contributed by atoms with van der Waals surface area (Å²) in [6.07, 6.45) is 6.98. The first kappa shape index (κ1) is 9.81. The molecule has 0 atom stereocenters. The molecule has 1 aromatic rings. The van der Waals surface area contributed by atoms with Crippen LogP contribution in [0.1, 0.15) is 12.0 Å². The van der Waals surface area contributed by atoms with Crippen molar-refractivity contribution < 1.29 is 0 Å². The summed E-state index contributed by atoms with van der Waals surface area (Å²) >= 11 is 7.39. The summed E-state index contributed by atoms with van der Waals surface area (Å²) in [4.78, 5) is 4.10. The highest BCUT2D eigenvalue weighted by atomic mass is 79.9. The van der Waals surface area contributed by atoms with Gasteiger partial charge in [-0.1, -0.05) is 18.2 Å². The van der Waals surface area contributed by atoms with Gasteiger partial charge in [0.2, 0.25) is 0 Å². The van der Waals surface area contributed by atoms with Gasteiger partial charge in [-0.2, -0.15) is 12.6 Å². The fourth-order valence-electron chi connectivity index (χ4n) is 0.780. The minimum atomic E-state index is 0.869. The molecular weight excluding hydrogens is 234 g/mol. The second-order valence-corrected chi connectivity index (χ2v) is 3.59. The van der Waals surface area contributed by atoms with Crippen LogP contribution in [-0.4, -0.2) is 10.7 Å². The smallest absolute Gasteiger partial charge is 0.106 e. The van der Waals surface area contributed by atoms with Crippen LogP contribution in [0.3, 0.4) is 0 Å². The van der Waals surface area contributed by atoms with Gasteiger partial charge in [-0.3, -0.25) is 0 Å². The van der Waals surface area contributed by atoms with Crippen LogP contribution >= 0.6 is 28.6 Å². The highest BCUT2D eigenvalue weighted by Gasteiger charge is 1.87. The summed E-state index contributed by atoms with van der Waals surface area (Å²) in [5.41, 5.74) is 1.12. The molecule has 1 nitrogen and oxygen atoms in total.